The third kappa shape index (κ3) is 2.04. The van der Waals surface area contributed by atoms with Gasteiger partial charge in [-0.1, -0.05) is 23.7 Å². The Bertz CT molecular complexity index is 843. The van der Waals surface area contributed by atoms with Crippen molar-refractivity contribution in [3.8, 4) is 0 Å². The third-order valence-electron chi connectivity index (χ3n) is 4.72. The second-order valence-electron chi connectivity index (χ2n) is 6.01. The lowest BCUT2D eigenvalue weighted by Crippen LogP contribution is -2.50. The van der Waals surface area contributed by atoms with Crippen LogP contribution in [0.5, 0.6) is 0 Å². The molecule has 2 aliphatic rings. The standard InChI is InChI=1S/C17H16ClN3O2/c18-13-8-12-14-10(15(13)19)2-1-3-11(14)16(22)21(17(12)23)9-4-6-20-7-5-9/h1-3,8-9,20H,4-7,19H2. The molecule has 2 amide bonds. The minimum atomic E-state index is -0.271. The smallest absolute Gasteiger partial charge is 0.261 e. The van der Waals surface area contributed by atoms with E-state index < -0.39 is 0 Å². The van der Waals surface area contributed by atoms with Gasteiger partial charge in [-0.05, 0) is 38.1 Å². The molecule has 2 aromatic carbocycles. The zero-order valence-electron chi connectivity index (χ0n) is 12.4. The number of benzene rings is 2. The molecule has 118 valence electrons. The van der Waals surface area contributed by atoms with E-state index in [1.54, 1.807) is 24.3 Å². The van der Waals surface area contributed by atoms with Gasteiger partial charge in [0, 0.05) is 22.4 Å². The first-order chi connectivity index (χ1) is 11.1. The van der Waals surface area contributed by atoms with Gasteiger partial charge in [0.1, 0.15) is 0 Å². The number of carbonyl (C=O) groups excluding carboxylic acids is 2. The van der Waals surface area contributed by atoms with Crippen LogP contribution in [0.15, 0.2) is 24.3 Å². The van der Waals surface area contributed by atoms with Crippen LogP contribution in [-0.2, 0) is 0 Å². The number of nitrogens with two attached hydrogens (primary N) is 1. The summed E-state index contributed by atoms with van der Waals surface area (Å²) in [6.45, 7) is 1.61. The van der Waals surface area contributed by atoms with Crippen LogP contribution in [0.4, 0.5) is 5.69 Å². The van der Waals surface area contributed by atoms with Crippen LogP contribution < -0.4 is 11.1 Å². The third-order valence-corrected chi connectivity index (χ3v) is 5.04. The molecule has 0 atom stereocenters. The molecule has 5 nitrogen and oxygen atoms in total. The molecule has 2 aromatic rings. The van der Waals surface area contributed by atoms with Crippen molar-refractivity contribution in [1.82, 2.24) is 10.2 Å². The quantitative estimate of drug-likeness (QED) is 0.622. The first-order valence-electron chi connectivity index (χ1n) is 7.69. The highest BCUT2D eigenvalue weighted by Gasteiger charge is 2.38. The first-order valence-corrected chi connectivity index (χ1v) is 8.06. The number of carbonyl (C=O) groups is 2. The van der Waals surface area contributed by atoms with E-state index in [1.807, 2.05) is 0 Å². The maximum Gasteiger partial charge on any atom is 0.261 e. The molecule has 0 radical (unpaired) electrons. The number of hydrogen-bond acceptors (Lipinski definition) is 4. The molecule has 3 N–H and O–H groups in total. The summed E-state index contributed by atoms with van der Waals surface area (Å²) in [5.74, 6) is -0.505. The number of rotatable bonds is 1. The van der Waals surface area contributed by atoms with Crippen LogP contribution in [0.1, 0.15) is 33.6 Å². The minimum absolute atomic E-state index is 0.0732. The van der Waals surface area contributed by atoms with Gasteiger partial charge in [0.05, 0.1) is 16.3 Å². The van der Waals surface area contributed by atoms with E-state index in [9.17, 15) is 9.59 Å². The Balaban J connectivity index is 1.94. The first kappa shape index (κ1) is 14.5. The number of hydrogen-bond donors (Lipinski definition) is 2. The summed E-state index contributed by atoms with van der Waals surface area (Å²) >= 11 is 6.19. The predicted molar refractivity (Wildman–Crippen MR) is 89.8 cm³/mol. The predicted octanol–water partition coefficient (Wildman–Crippen LogP) is 2.42. The topological polar surface area (TPSA) is 75.4 Å². The highest BCUT2D eigenvalue weighted by Crippen LogP contribution is 2.38. The molecule has 6 heteroatoms. The molecule has 0 unspecified atom stereocenters. The van der Waals surface area contributed by atoms with Crippen molar-refractivity contribution in [1.29, 1.82) is 0 Å². The zero-order chi connectivity index (χ0) is 16.1. The Morgan fingerprint density at radius 1 is 1.13 bits per heavy atom. The molecule has 2 heterocycles. The molecule has 1 saturated heterocycles. The van der Waals surface area contributed by atoms with Gasteiger partial charge in [-0.2, -0.15) is 0 Å². The average Bonchev–Trinajstić information content (AvgIpc) is 2.57. The normalized spacial score (nSPS) is 18.7. The number of nitrogen functional groups attached to an aromatic ring is 1. The number of anilines is 1. The van der Waals surface area contributed by atoms with Gasteiger partial charge in [-0.15, -0.1) is 0 Å². The molecular formula is C17H16ClN3O2. The lowest BCUT2D eigenvalue weighted by atomic mass is 9.91. The Morgan fingerprint density at radius 3 is 2.57 bits per heavy atom. The van der Waals surface area contributed by atoms with Gasteiger partial charge < -0.3 is 11.1 Å². The summed E-state index contributed by atoms with van der Waals surface area (Å²) in [6, 6.07) is 6.84. The fourth-order valence-electron chi connectivity index (χ4n) is 3.57. The maximum absolute atomic E-state index is 13.0. The summed E-state index contributed by atoms with van der Waals surface area (Å²) in [4.78, 5) is 27.3. The Labute approximate surface area is 138 Å². The van der Waals surface area contributed by atoms with E-state index in [-0.39, 0.29) is 17.9 Å². The van der Waals surface area contributed by atoms with Crippen molar-refractivity contribution >= 4 is 39.9 Å². The summed E-state index contributed by atoms with van der Waals surface area (Å²) in [5, 5.41) is 4.88. The van der Waals surface area contributed by atoms with Crippen LogP contribution in [0.25, 0.3) is 10.8 Å². The molecule has 0 spiro atoms. The van der Waals surface area contributed by atoms with Gasteiger partial charge >= 0.3 is 0 Å². The highest BCUT2D eigenvalue weighted by molar-refractivity contribution is 6.37. The lowest BCUT2D eigenvalue weighted by molar-refractivity contribution is 0.0510. The number of piperidine rings is 1. The number of nitrogens with one attached hydrogen (secondary N) is 1. The molecule has 0 aromatic heterocycles. The fourth-order valence-corrected chi connectivity index (χ4v) is 3.78. The van der Waals surface area contributed by atoms with E-state index >= 15 is 0 Å². The second kappa shape index (κ2) is 5.22. The molecule has 2 aliphatic heterocycles. The summed E-state index contributed by atoms with van der Waals surface area (Å²) in [5.41, 5.74) is 7.43. The van der Waals surface area contributed by atoms with E-state index in [1.165, 1.54) is 4.90 Å². The summed E-state index contributed by atoms with van der Waals surface area (Å²) in [7, 11) is 0. The number of imide groups is 1. The average molecular weight is 330 g/mol. The van der Waals surface area contributed by atoms with Crippen molar-refractivity contribution in [2.24, 2.45) is 0 Å². The lowest BCUT2D eigenvalue weighted by Gasteiger charge is -2.36. The van der Waals surface area contributed by atoms with Crippen LogP contribution in [0, 0.1) is 0 Å². The molecule has 1 fully saturated rings. The molecule has 4 rings (SSSR count). The Kier molecular flexibility index (Phi) is 3.28. The molecule has 0 bridgehead atoms. The maximum atomic E-state index is 13.0. The molecule has 0 saturated carbocycles. The number of nitrogens with zero attached hydrogens (tertiary/aromatic N) is 1. The summed E-state index contributed by atoms with van der Waals surface area (Å²) in [6.07, 6.45) is 1.54. The van der Waals surface area contributed by atoms with Gasteiger partial charge in [0.2, 0.25) is 0 Å². The van der Waals surface area contributed by atoms with Crippen LogP contribution in [-0.4, -0.2) is 35.8 Å². The van der Waals surface area contributed by atoms with Crippen molar-refractivity contribution in [3.05, 3.63) is 40.4 Å². The van der Waals surface area contributed by atoms with Crippen molar-refractivity contribution in [2.45, 2.75) is 18.9 Å². The van der Waals surface area contributed by atoms with E-state index in [0.717, 1.165) is 25.9 Å². The van der Waals surface area contributed by atoms with Crippen LogP contribution in [0.2, 0.25) is 5.02 Å². The SMILES string of the molecule is Nc1c(Cl)cc2c3c(cccc13)C(=O)N(C1CCNCC1)C2=O. The van der Waals surface area contributed by atoms with E-state index in [4.69, 9.17) is 17.3 Å². The number of halogens is 1. The largest absolute Gasteiger partial charge is 0.397 e. The highest BCUT2D eigenvalue weighted by atomic mass is 35.5. The van der Waals surface area contributed by atoms with Crippen molar-refractivity contribution in [3.63, 3.8) is 0 Å². The number of amides is 2. The van der Waals surface area contributed by atoms with Gasteiger partial charge in [-0.3, -0.25) is 14.5 Å². The van der Waals surface area contributed by atoms with Gasteiger partial charge in [0.25, 0.3) is 11.8 Å². The monoisotopic (exact) mass is 329 g/mol. The van der Waals surface area contributed by atoms with E-state index in [0.29, 0.717) is 32.6 Å². The Hall–Kier alpha value is -2.11. The van der Waals surface area contributed by atoms with Crippen LogP contribution in [0.3, 0.4) is 0 Å². The van der Waals surface area contributed by atoms with Gasteiger partial charge in [-0.25, -0.2) is 0 Å². The molecule has 0 aliphatic carbocycles. The van der Waals surface area contributed by atoms with Crippen molar-refractivity contribution < 1.29 is 9.59 Å². The van der Waals surface area contributed by atoms with Crippen LogP contribution >= 0.6 is 11.6 Å². The van der Waals surface area contributed by atoms with E-state index in [2.05, 4.69) is 5.32 Å². The molecular weight excluding hydrogens is 314 g/mol. The Morgan fingerprint density at radius 2 is 1.83 bits per heavy atom. The second-order valence-corrected chi connectivity index (χ2v) is 6.42. The molecule has 23 heavy (non-hydrogen) atoms. The fraction of sp³-hybridized carbons (Fsp3) is 0.294. The zero-order valence-corrected chi connectivity index (χ0v) is 13.2. The van der Waals surface area contributed by atoms with Crippen molar-refractivity contribution in [2.75, 3.05) is 18.8 Å². The summed E-state index contributed by atoms with van der Waals surface area (Å²) < 4.78 is 0. The van der Waals surface area contributed by atoms with Gasteiger partial charge in [0.15, 0.2) is 0 Å². The minimum Gasteiger partial charge on any atom is -0.397 e.